The van der Waals surface area contributed by atoms with E-state index in [1.807, 2.05) is 31.2 Å². The molecule has 2 aromatic carbocycles. The van der Waals surface area contributed by atoms with Crippen LogP contribution in [0.2, 0.25) is 10.0 Å². The smallest absolute Gasteiger partial charge is 0.243 e. The Morgan fingerprint density at radius 2 is 1.80 bits per heavy atom. The predicted molar refractivity (Wildman–Crippen MR) is 102 cm³/mol. The van der Waals surface area contributed by atoms with Crippen LogP contribution in [-0.4, -0.2) is 32.3 Å². The highest BCUT2D eigenvalue weighted by atomic mass is 35.5. The summed E-state index contributed by atoms with van der Waals surface area (Å²) in [5.41, 5.74) is 1.28. The molecule has 0 aliphatic carbocycles. The van der Waals surface area contributed by atoms with Gasteiger partial charge in [-0.25, -0.2) is 0 Å². The second-order valence-corrected chi connectivity index (χ2v) is 5.97. The Balaban J connectivity index is 1.88. The maximum absolute atomic E-state index is 12.1. The van der Waals surface area contributed by atoms with Crippen LogP contribution in [0.15, 0.2) is 42.5 Å². The molecule has 0 saturated carbocycles. The first-order valence-corrected chi connectivity index (χ1v) is 8.63. The normalized spacial score (nSPS) is 10.4. The molecule has 2 N–H and O–H groups in total. The number of ether oxygens (including phenoxy) is 2. The number of anilines is 2. The van der Waals surface area contributed by atoms with Crippen LogP contribution < -0.4 is 15.4 Å². The Labute approximate surface area is 157 Å². The molecule has 0 unspecified atom stereocenters. The van der Waals surface area contributed by atoms with Crippen molar-refractivity contribution in [3.05, 3.63) is 52.5 Å². The molecule has 0 radical (unpaired) electrons. The molecule has 7 heteroatoms. The third-order valence-corrected chi connectivity index (χ3v) is 3.60. The van der Waals surface area contributed by atoms with Gasteiger partial charge in [0.1, 0.15) is 12.4 Å². The summed E-state index contributed by atoms with van der Waals surface area (Å²) in [6.45, 7) is 3.62. The molecule has 25 heavy (non-hydrogen) atoms. The zero-order chi connectivity index (χ0) is 18.1. The van der Waals surface area contributed by atoms with Crippen LogP contribution in [0.3, 0.4) is 0 Å². The fraction of sp³-hybridized carbons (Fsp3) is 0.278. The molecule has 0 fully saturated rings. The quantitative estimate of drug-likeness (QED) is 0.628. The highest BCUT2D eigenvalue weighted by molar-refractivity contribution is 6.35. The largest absolute Gasteiger partial charge is 0.489 e. The molecule has 0 bridgehead atoms. The van der Waals surface area contributed by atoms with Crippen molar-refractivity contribution in [2.24, 2.45) is 0 Å². The summed E-state index contributed by atoms with van der Waals surface area (Å²) in [4.78, 5) is 12.1. The molecule has 0 saturated heterocycles. The van der Waals surface area contributed by atoms with Gasteiger partial charge in [0.25, 0.3) is 0 Å². The Hall–Kier alpha value is -1.95. The Kier molecular flexibility index (Phi) is 7.85. The van der Waals surface area contributed by atoms with Crippen molar-refractivity contribution < 1.29 is 14.3 Å². The van der Waals surface area contributed by atoms with Crippen molar-refractivity contribution in [1.29, 1.82) is 0 Å². The molecule has 1 amide bonds. The Morgan fingerprint density at radius 1 is 1.08 bits per heavy atom. The van der Waals surface area contributed by atoms with E-state index in [0.717, 1.165) is 5.69 Å². The van der Waals surface area contributed by atoms with Crippen LogP contribution in [0.4, 0.5) is 11.4 Å². The van der Waals surface area contributed by atoms with Crippen LogP contribution in [0.1, 0.15) is 6.92 Å². The minimum Gasteiger partial charge on any atom is -0.489 e. The van der Waals surface area contributed by atoms with E-state index in [0.29, 0.717) is 41.3 Å². The van der Waals surface area contributed by atoms with Crippen molar-refractivity contribution in [3.8, 4) is 5.75 Å². The summed E-state index contributed by atoms with van der Waals surface area (Å²) < 4.78 is 10.9. The molecule has 0 heterocycles. The number of carbonyl (C=O) groups is 1. The summed E-state index contributed by atoms with van der Waals surface area (Å²) in [7, 11) is 0. The minimum atomic E-state index is -0.220. The molecule has 2 rings (SSSR count). The van der Waals surface area contributed by atoms with E-state index in [1.165, 1.54) is 0 Å². The maximum Gasteiger partial charge on any atom is 0.243 e. The molecule has 2 aromatic rings. The van der Waals surface area contributed by atoms with Gasteiger partial charge in [-0.3, -0.25) is 4.79 Å². The molecule has 0 aromatic heterocycles. The van der Waals surface area contributed by atoms with E-state index >= 15 is 0 Å². The van der Waals surface area contributed by atoms with E-state index in [-0.39, 0.29) is 12.5 Å². The summed E-state index contributed by atoms with van der Waals surface area (Å²) >= 11 is 11.8. The van der Waals surface area contributed by atoms with Gasteiger partial charge in [0, 0.05) is 22.3 Å². The molecule has 5 nitrogen and oxygen atoms in total. The first-order valence-electron chi connectivity index (χ1n) is 7.88. The van der Waals surface area contributed by atoms with Gasteiger partial charge in [0.15, 0.2) is 0 Å². The zero-order valence-corrected chi connectivity index (χ0v) is 15.4. The van der Waals surface area contributed by atoms with Gasteiger partial charge in [-0.05, 0) is 37.3 Å². The number of halogens is 2. The second-order valence-electron chi connectivity index (χ2n) is 5.10. The average molecular weight is 383 g/mol. The van der Waals surface area contributed by atoms with E-state index in [1.54, 1.807) is 18.2 Å². The standard InChI is InChI=1S/C18H20Cl2N2O3/c1-2-24-7-8-25-17-6-4-3-5-16(17)21-12-18(23)22-15-10-13(19)9-14(20)11-15/h3-6,9-11,21H,2,7-8,12H2,1H3,(H,22,23). The predicted octanol–water partition coefficient (Wildman–Crippen LogP) is 4.46. The summed E-state index contributed by atoms with van der Waals surface area (Å²) in [6.07, 6.45) is 0. The highest BCUT2D eigenvalue weighted by Crippen LogP contribution is 2.24. The average Bonchev–Trinajstić information content (AvgIpc) is 2.57. The van der Waals surface area contributed by atoms with Crippen molar-refractivity contribution in [3.63, 3.8) is 0 Å². The number of hydrogen-bond acceptors (Lipinski definition) is 4. The highest BCUT2D eigenvalue weighted by Gasteiger charge is 2.07. The number of carbonyl (C=O) groups excluding carboxylic acids is 1. The lowest BCUT2D eigenvalue weighted by atomic mass is 10.3. The van der Waals surface area contributed by atoms with E-state index in [9.17, 15) is 4.79 Å². The number of para-hydroxylation sites is 2. The third kappa shape index (κ3) is 6.82. The van der Waals surface area contributed by atoms with Crippen LogP contribution in [-0.2, 0) is 9.53 Å². The number of nitrogens with one attached hydrogen (secondary N) is 2. The van der Waals surface area contributed by atoms with Crippen LogP contribution in [0.5, 0.6) is 5.75 Å². The van der Waals surface area contributed by atoms with E-state index < -0.39 is 0 Å². The topological polar surface area (TPSA) is 59.6 Å². The summed E-state index contributed by atoms with van der Waals surface area (Å²) in [5.74, 6) is 0.447. The Morgan fingerprint density at radius 3 is 2.52 bits per heavy atom. The number of rotatable bonds is 9. The van der Waals surface area contributed by atoms with Crippen molar-refractivity contribution in [2.45, 2.75) is 6.92 Å². The number of amides is 1. The Bertz CT molecular complexity index is 690. The monoisotopic (exact) mass is 382 g/mol. The van der Waals surface area contributed by atoms with Crippen molar-refractivity contribution >= 4 is 40.5 Å². The lowest BCUT2D eigenvalue weighted by Gasteiger charge is -2.13. The summed E-state index contributed by atoms with van der Waals surface area (Å²) in [6, 6.07) is 12.3. The fourth-order valence-electron chi connectivity index (χ4n) is 2.10. The van der Waals surface area contributed by atoms with Gasteiger partial charge in [0.05, 0.1) is 18.8 Å². The van der Waals surface area contributed by atoms with Crippen LogP contribution in [0, 0.1) is 0 Å². The molecular formula is C18H20Cl2N2O3. The summed E-state index contributed by atoms with van der Waals surface area (Å²) in [5, 5.41) is 6.73. The number of hydrogen-bond donors (Lipinski definition) is 2. The van der Waals surface area contributed by atoms with Crippen LogP contribution in [0.25, 0.3) is 0 Å². The first kappa shape index (κ1) is 19.4. The first-order chi connectivity index (χ1) is 12.1. The van der Waals surface area contributed by atoms with Gasteiger partial charge in [-0.1, -0.05) is 35.3 Å². The van der Waals surface area contributed by atoms with Crippen molar-refractivity contribution in [1.82, 2.24) is 0 Å². The fourth-order valence-corrected chi connectivity index (χ4v) is 2.63. The van der Waals surface area contributed by atoms with E-state index in [4.69, 9.17) is 32.7 Å². The number of benzene rings is 2. The second kappa shape index (κ2) is 10.1. The van der Waals surface area contributed by atoms with Gasteiger partial charge >= 0.3 is 0 Å². The van der Waals surface area contributed by atoms with Gasteiger partial charge in [-0.15, -0.1) is 0 Å². The van der Waals surface area contributed by atoms with Crippen molar-refractivity contribution in [2.75, 3.05) is 37.0 Å². The SMILES string of the molecule is CCOCCOc1ccccc1NCC(=O)Nc1cc(Cl)cc(Cl)c1. The molecule has 0 atom stereocenters. The van der Waals surface area contributed by atoms with Gasteiger partial charge in [0.2, 0.25) is 5.91 Å². The molecule has 0 spiro atoms. The van der Waals surface area contributed by atoms with E-state index in [2.05, 4.69) is 10.6 Å². The molecule has 0 aliphatic heterocycles. The third-order valence-electron chi connectivity index (χ3n) is 3.16. The lowest BCUT2D eigenvalue weighted by molar-refractivity contribution is -0.114. The molecule has 0 aliphatic rings. The van der Waals surface area contributed by atoms with Gasteiger partial charge in [-0.2, -0.15) is 0 Å². The molecule has 134 valence electrons. The van der Waals surface area contributed by atoms with Gasteiger partial charge < -0.3 is 20.1 Å². The molecular weight excluding hydrogens is 363 g/mol. The zero-order valence-electron chi connectivity index (χ0n) is 13.9. The maximum atomic E-state index is 12.1. The van der Waals surface area contributed by atoms with Crippen LogP contribution >= 0.6 is 23.2 Å². The minimum absolute atomic E-state index is 0.0793. The lowest BCUT2D eigenvalue weighted by Crippen LogP contribution is -2.22.